The van der Waals surface area contributed by atoms with Crippen LogP contribution in [-0.2, 0) is 11.2 Å². The quantitative estimate of drug-likeness (QED) is 0.620. The van der Waals surface area contributed by atoms with Gasteiger partial charge in [0.15, 0.2) is 5.69 Å². The van der Waals surface area contributed by atoms with Gasteiger partial charge in [-0.05, 0) is 12.7 Å². The molecule has 1 rings (SSSR count). The van der Waals surface area contributed by atoms with E-state index in [0.717, 1.165) is 25.1 Å². The van der Waals surface area contributed by atoms with E-state index < -0.39 is 0 Å². The third-order valence-corrected chi connectivity index (χ3v) is 2.75. The molecule has 0 aliphatic rings. The van der Waals surface area contributed by atoms with Gasteiger partial charge in [0.25, 0.3) is 0 Å². The lowest BCUT2D eigenvalue weighted by atomic mass is 10.2. The Morgan fingerprint density at radius 1 is 1.60 bits per heavy atom. The molecule has 5 heteroatoms. The molecule has 0 spiro atoms. The van der Waals surface area contributed by atoms with Gasteiger partial charge in [-0.3, -0.25) is 0 Å². The van der Waals surface area contributed by atoms with E-state index in [1.54, 1.807) is 0 Å². The summed E-state index contributed by atoms with van der Waals surface area (Å²) in [5.41, 5.74) is 0.469. The van der Waals surface area contributed by atoms with E-state index in [-0.39, 0.29) is 5.97 Å². The summed E-state index contributed by atoms with van der Waals surface area (Å²) < 4.78 is 4.67. The van der Waals surface area contributed by atoms with Crippen molar-refractivity contribution in [3.05, 3.63) is 11.5 Å². The topological polar surface area (TPSA) is 55.0 Å². The van der Waals surface area contributed by atoms with E-state index in [9.17, 15) is 4.79 Å². The minimum atomic E-state index is -0.352. The largest absolute Gasteiger partial charge is 0.464 e. The number of aromatic nitrogens is 2. The second-order valence-corrected chi connectivity index (χ2v) is 3.96. The molecular weight excluding hydrogens is 212 g/mol. The second kappa shape index (κ2) is 5.80. The molecule has 0 fully saturated rings. The Bertz CT molecular complexity index is 336. The first-order valence-electron chi connectivity index (χ1n) is 4.94. The fourth-order valence-corrected chi connectivity index (χ4v) is 1.79. The zero-order valence-electron chi connectivity index (χ0n) is 9.29. The number of thioether (sulfide) groups is 1. The first kappa shape index (κ1) is 12.1. The lowest BCUT2D eigenvalue weighted by Crippen LogP contribution is -2.03. The number of hydrogen-bond donors (Lipinski definition) is 1. The van der Waals surface area contributed by atoms with Crippen molar-refractivity contribution in [2.24, 2.45) is 0 Å². The number of nitrogens with zero attached hydrogens (tertiary/aromatic N) is 1. The zero-order chi connectivity index (χ0) is 11.3. The highest BCUT2D eigenvalue weighted by molar-refractivity contribution is 7.98. The number of nitrogens with one attached hydrogen (secondary N) is 1. The van der Waals surface area contributed by atoms with E-state index in [1.165, 1.54) is 18.9 Å². The van der Waals surface area contributed by atoms with Gasteiger partial charge in [-0.1, -0.05) is 13.3 Å². The molecule has 0 saturated heterocycles. The SMILES string of the molecule is CCCCc1nc(SC)c(C(=O)OC)[nH]1. The molecule has 0 atom stereocenters. The first-order chi connectivity index (χ1) is 7.22. The molecule has 0 radical (unpaired) electrons. The normalized spacial score (nSPS) is 10.3. The average molecular weight is 228 g/mol. The molecule has 1 aromatic rings. The number of aryl methyl sites for hydroxylation is 1. The molecule has 1 N–H and O–H groups in total. The van der Waals surface area contributed by atoms with Crippen molar-refractivity contribution in [3.63, 3.8) is 0 Å². The fourth-order valence-electron chi connectivity index (χ4n) is 1.25. The van der Waals surface area contributed by atoms with Gasteiger partial charge in [-0.25, -0.2) is 9.78 Å². The summed E-state index contributed by atoms with van der Waals surface area (Å²) in [5, 5.41) is 0.716. The molecular formula is C10H16N2O2S. The van der Waals surface area contributed by atoms with E-state index >= 15 is 0 Å². The summed E-state index contributed by atoms with van der Waals surface area (Å²) in [4.78, 5) is 18.7. The van der Waals surface area contributed by atoms with E-state index in [0.29, 0.717) is 10.7 Å². The maximum absolute atomic E-state index is 11.4. The number of esters is 1. The van der Waals surface area contributed by atoms with Crippen LogP contribution in [0.15, 0.2) is 5.03 Å². The van der Waals surface area contributed by atoms with Crippen LogP contribution in [0.3, 0.4) is 0 Å². The third-order valence-electron chi connectivity index (χ3n) is 2.07. The number of unbranched alkanes of at least 4 members (excludes halogenated alkanes) is 1. The number of hydrogen-bond acceptors (Lipinski definition) is 4. The molecule has 0 bridgehead atoms. The molecule has 0 aliphatic carbocycles. The predicted molar refractivity (Wildman–Crippen MR) is 60.3 cm³/mol. The third kappa shape index (κ3) is 2.99. The van der Waals surface area contributed by atoms with Crippen molar-refractivity contribution < 1.29 is 9.53 Å². The molecule has 15 heavy (non-hydrogen) atoms. The lowest BCUT2D eigenvalue weighted by Gasteiger charge is -1.96. The second-order valence-electron chi connectivity index (χ2n) is 3.16. The number of carbonyl (C=O) groups is 1. The predicted octanol–water partition coefficient (Wildman–Crippen LogP) is 2.26. The van der Waals surface area contributed by atoms with Crippen LogP contribution < -0.4 is 0 Å². The molecule has 0 unspecified atom stereocenters. The van der Waals surface area contributed by atoms with Gasteiger partial charge in [-0.15, -0.1) is 11.8 Å². The summed E-state index contributed by atoms with van der Waals surface area (Å²) in [6.07, 6.45) is 4.96. The molecule has 0 aliphatic heterocycles. The highest BCUT2D eigenvalue weighted by Crippen LogP contribution is 2.19. The van der Waals surface area contributed by atoms with Crippen LogP contribution in [0.25, 0.3) is 0 Å². The van der Waals surface area contributed by atoms with Gasteiger partial charge >= 0.3 is 5.97 Å². The molecule has 0 saturated carbocycles. The lowest BCUT2D eigenvalue weighted by molar-refractivity contribution is 0.0590. The molecule has 1 heterocycles. The highest BCUT2D eigenvalue weighted by atomic mass is 32.2. The maximum atomic E-state index is 11.4. The summed E-state index contributed by atoms with van der Waals surface area (Å²) in [5.74, 6) is 0.510. The Hall–Kier alpha value is -0.970. The number of methoxy groups -OCH3 is 1. The number of H-pyrrole nitrogens is 1. The van der Waals surface area contributed by atoms with Crippen molar-refractivity contribution in [3.8, 4) is 0 Å². The van der Waals surface area contributed by atoms with E-state index in [4.69, 9.17) is 0 Å². The minimum Gasteiger partial charge on any atom is -0.464 e. The smallest absolute Gasteiger partial charge is 0.357 e. The van der Waals surface area contributed by atoms with Gasteiger partial charge in [0.2, 0.25) is 0 Å². The zero-order valence-corrected chi connectivity index (χ0v) is 10.1. The van der Waals surface area contributed by atoms with Crippen molar-refractivity contribution in [2.45, 2.75) is 31.2 Å². The van der Waals surface area contributed by atoms with Crippen molar-refractivity contribution in [1.29, 1.82) is 0 Å². The Kier molecular flexibility index (Phi) is 4.68. The average Bonchev–Trinajstić information content (AvgIpc) is 2.68. The maximum Gasteiger partial charge on any atom is 0.357 e. The van der Waals surface area contributed by atoms with Crippen LogP contribution >= 0.6 is 11.8 Å². The standard InChI is InChI=1S/C10H16N2O2S/c1-4-5-6-7-11-8(10(13)14-2)9(12-7)15-3/h4-6H2,1-3H3,(H,11,12). The Labute approximate surface area is 93.8 Å². The van der Waals surface area contributed by atoms with E-state index in [2.05, 4.69) is 21.6 Å². The van der Waals surface area contributed by atoms with Crippen molar-refractivity contribution in [2.75, 3.05) is 13.4 Å². The summed E-state index contributed by atoms with van der Waals surface area (Å²) >= 11 is 1.45. The molecule has 84 valence electrons. The van der Waals surface area contributed by atoms with Crippen molar-refractivity contribution in [1.82, 2.24) is 9.97 Å². The van der Waals surface area contributed by atoms with Gasteiger partial charge < -0.3 is 9.72 Å². The monoisotopic (exact) mass is 228 g/mol. The van der Waals surface area contributed by atoms with Crippen LogP contribution in [0.4, 0.5) is 0 Å². The fraction of sp³-hybridized carbons (Fsp3) is 0.600. The Morgan fingerprint density at radius 3 is 2.87 bits per heavy atom. The number of ether oxygens (including phenoxy) is 1. The summed E-state index contributed by atoms with van der Waals surface area (Å²) in [6.45, 7) is 2.12. The van der Waals surface area contributed by atoms with Gasteiger partial charge in [0.1, 0.15) is 10.9 Å². The number of imidazole rings is 1. The van der Waals surface area contributed by atoms with Gasteiger partial charge in [0.05, 0.1) is 7.11 Å². The summed E-state index contributed by atoms with van der Waals surface area (Å²) in [7, 11) is 1.37. The molecule has 4 nitrogen and oxygen atoms in total. The number of aromatic amines is 1. The van der Waals surface area contributed by atoms with E-state index in [1.807, 2.05) is 6.26 Å². The van der Waals surface area contributed by atoms with Gasteiger partial charge in [0, 0.05) is 6.42 Å². The molecule has 1 aromatic heterocycles. The summed E-state index contributed by atoms with van der Waals surface area (Å²) in [6, 6.07) is 0. The minimum absolute atomic E-state index is 0.352. The van der Waals surface area contributed by atoms with Crippen LogP contribution in [-0.4, -0.2) is 29.3 Å². The number of rotatable bonds is 5. The Morgan fingerprint density at radius 2 is 2.33 bits per heavy atom. The van der Waals surface area contributed by atoms with Crippen LogP contribution in [0.1, 0.15) is 36.1 Å². The molecule has 0 aromatic carbocycles. The van der Waals surface area contributed by atoms with Crippen LogP contribution in [0, 0.1) is 0 Å². The first-order valence-corrected chi connectivity index (χ1v) is 6.16. The molecule has 0 amide bonds. The van der Waals surface area contributed by atoms with Crippen LogP contribution in [0.2, 0.25) is 0 Å². The highest BCUT2D eigenvalue weighted by Gasteiger charge is 2.16. The van der Waals surface area contributed by atoms with Crippen molar-refractivity contribution >= 4 is 17.7 Å². The number of carbonyl (C=O) groups excluding carboxylic acids is 1. The Balaban J connectivity index is 2.85. The van der Waals surface area contributed by atoms with Gasteiger partial charge in [-0.2, -0.15) is 0 Å². The van der Waals surface area contributed by atoms with Crippen LogP contribution in [0.5, 0.6) is 0 Å².